The van der Waals surface area contributed by atoms with E-state index in [0.717, 1.165) is 4.68 Å². The first kappa shape index (κ1) is 19.5. The molecule has 0 spiro atoms. The van der Waals surface area contributed by atoms with E-state index in [0.29, 0.717) is 6.42 Å². The molecular formula is C18H18FN3O6. The Kier molecular flexibility index (Phi) is 5.39. The summed E-state index contributed by atoms with van der Waals surface area (Å²) in [5.41, 5.74) is -0.962. The topological polar surface area (TPSA) is 127 Å². The molecule has 0 aliphatic carbocycles. The number of alkyl halides is 1. The van der Waals surface area contributed by atoms with E-state index in [-0.39, 0.29) is 23.7 Å². The maximum Gasteiger partial charge on any atom is 0.305 e. The number of Topliss-reactive ketones (excluding diaryl/α,β-unsaturated/α-hetero) is 1. The number of ketones is 1. The van der Waals surface area contributed by atoms with Gasteiger partial charge in [0, 0.05) is 6.54 Å². The van der Waals surface area contributed by atoms with E-state index in [4.69, 9.17) is 5.11 Å². The Balaban J connectivity index is 2.03. The van der Waals surface area contributed by atoms with Crippen LogP contribution in [-0.2, 0) is 20.9 Å². The van der Waals surface area contributed by atoms with Crippen molar-refractivity contribution in [3.63, 3.8) is 0 Å². The number of aromatic nitrogens is 2. The third-order valence-electron chi connectivity index (χ3n) is 4.75. The standard InChI is InChI=1S/C18H18FN3O6/c19-9-14(23)12(8-15(24)25)20-16(26)13-6-3-7-21-17(27)10-4-1-2-5-11(10)18(28)22(13)21/h1-2,4-5,12-13H,3,6-9H2,(H,20,26)(H,24,25). The molecule has 3 rings (SSSR count). The van der Waals surface area contributed by atoms with Gasteiger partial charge in [0.1, 0.15) is 18.8 Å². The van der Waals surface area contributed by atoms with E-state index in [1.165, 1.54) is 16.8 Å². The Morgan fingerprint density at radius 2 is 1.82 bits per heavy atom. The summed E-state index contributed by atoms with van der Waals surface area (Å²) in [6.07, 6.45) is -0.135. The van der Waals surface area contributed by atoms with Crippen molar-refractivity contribution in [2.45, 2.75) is 37.9 Å². The fourth-order valence-corrected chi connectivity index (χ4v) is 3.42. The first-order valence-corrected chi connectivity index (χ1v) is 8.70. The molecule has 2 N–H and O–H groups in total. The molecular weight excluding hydrogens is 373 g/mol. The predicted molar refractivity (Wildman–Crippen MR) is 95.9 cm³/mol. The predicted octanol–water partition coefficient (Wildman–Crippen LogP) is -0.00380. The largest absolute Gasteiger partial charge is 0.481 e. The molecule has 1 aromatic carbocycles. The first-order chi connectivity index (χ1) is 13.3. The molecule has 0 bridgehead atoms. The minimum Gasteiger partial charge on any atom is -0.481 e. The van der Waals surface area contributed by atoms with Gasteiger partial charge >= 0.3 is 5.97 Å². The Morgan fingerprint density at radius 1 is 1.18 bits per heavy atom. The van der Waals surface area contributed by atoms with Crippen molar-refractivity contribution in [1.82, 2.24) is 14.7 Å². The molecule has 2 atom stereocenters. The van der Waals surface area contributed by atoms with Crippen LogP contribution in [0, 0.1) is 0 Å². The molecule has 0 saturated carbocycles. The zero-order valence-corrected chi connectivity index (χ0v) is 14.8. The highest BCUT2D eigenvalue weighted by Crippen LogP contribution is 2.19. The molecule has 2 aromatic rings. The molecule has 1 aromatic heterocycles. The maximum absolute atomic E-state index is 12.9. The number of carbonyl (C=O) groups excluding carboxylic acids is 2. The van der Waals surface area contributed by atoms with Gasteiger partial charge in [-0.3, -0.25) is 24.0 Å². The second kappa shape index (κ2) is 7.75. The molecule has 0 radical (unpaired) electrons. The zero-order chi connectivity index (χ0) is 20.4. The molecule has 0 saturated heterocycles. The van der Waals surface area contributed by atoms with Crippen LogP contribution in [0.2, 0.25) is 0 Å². The summed E-state index contributed by atoms with van der Waals surface area (Å²) in [6, 6.07) is 3.58. The number of carboxylic acid groups (broad SMARTS) is 1. The first-order valence-electron chi connectivity index (χ1n) is 8.70. The number of aliphatic carboxylic acids is 1. The van der Waals surface area contributed by atoms with Crippen molar-refractivity contribution in [3.8, 4) is 0 Å². The number of amides is 1. The van der Waals surface area contributed by atoms with Gasteiger partial charge in [0.25, 0.3) is 11.1 Å². The molecule has 0 fully saturated rings. The van der Waals surface area contributed by atoms with Crippen molar-refractivity contribution in [2.24, 2.45) is 0 Å². The lowest BCUT2D eigenvalue weighted by Gasteiger charge is -2.29. The van der Waals surface area contributed by atoms with Crippen LogP contribution in [0.25, 0.3) is 10.8 Å². The number of hydrogen-bond acceptors (Lipinski definition) is 5. The quantitative estimate of drug-likeness (QED) is 0.713. The van der Waals surface area contributed by atoms with E-state index < -0.39 is 54.0 Å². The average Bonchev–Trinajstić information content (AvgIpc) is 2.70. The normalized spacial score (nSPS) is 17.0. The van der Waals surface area contributed by atoms with E-state index in [9.17, 15) is 28.4 Å². The summed E-state index contributed by atoms with van der Waals surface area (Å²) in [5.74, 6) is -3.26. The Labute approximate surface area is 157 Å². The molecule has 1 aliphatic heterocycles. The summed E-state index contributed by atoms with van der Waals surface area (Å²) in [7, 11) is 0. The number of halogens is 1. The average molecular weight is 391 g/mol. The van der Waals surface area contributed by atoms with E-state index in [2.05, 4.69) is 5.32 Å². The van der Waals surface area contributed by atoms with Crippen LogP contribution in [-0.4, -0.2) is 44.8 Å². The molecule has 1 aliphatic rings. The van der Waals surface area contributed by atoms with Crippen LogP contribution < -0.4 is 16.4 Å². The lowest BCUT2D eigenvalue weighted by molar-refractivity contribution is -0.140. The molecule has 2 heterocycles. The second-order valence-electron chi connectivity index (χ2n) is 6.54. The highest BCUT2D eigenvalue weighted by Gasteiger charge is 2.32. The van der Waals surface area contributed by atoms with Crippen LogP contribution in [0.4, 0.5) is 4.39 Å². The van der Waals surface area contributed by atoms with E-state index >= 15 is 0 Å². The second-order valence-corrected chi connectivity index (χ2v) is 6.54. The minimum atomic E-state index is -1.55. The third-order valence-corrected chi connectivity index (χ3v) is 4.75. The van der Waals surface area contributed by atoms with Gasteiger partial charge in [-0.2, -0.15) is 0 Å². The fourth-order valence-electron chi connectivity index (χ4n) is 3.42. The van der Waals surface area contributed by atoms with Crippen LogP contribution in [0.5, 0.6) is 0 Å². The van der Waals surface area contributed by atoms with E-state index in [1.54, 1.807) is 12.1 Å². The van der Waals surface area contributed by atoms with Crippen LogP contribution >= 0.6 is 0 Å². The van der Waals surface area contributed by atoms with Gasteiger partial charge in [0.15, 0.2) is 5.78 Å². The smallest absolute Gasteiger partial charge is 0.305 e. The summed E-state index contributed by atoms with van der Waals surface area (Å²) in [4.78, 5) is 60.9. The lowest BCUT2D eigenvalue weighted by atomic mass is 10.1. The van der Waals surface area contributed by atoms with Crippen molar-refractivity contribution >= 4 is 28.4 Å². The number of benzene rings is 1. The Morgan fingerprint density at radius 3 is 2.43 bits per heavy atom. The maximum atomic E-state index is 12.9. The van der Waals surface area contributed by atoms with Gasteiger partial charge in [0.2, 0.25) is 5.91 Å². The van der Waals surface area contributed by atoms with Crippen molar-refractivity contribution < 1.29 is 23.9 Å². The Hall–Kier alpha value is -3.30. The molecule has 28 heavy (non-hydrogen) atoms. The van der Waals surface area contributed by atoms with Gasteiger partial charge in [-0.1, -0.05) is 12.1 Å². The summed E-state index contributed by atoms with van der Waals surface area (Å²) in [5, 5.41) is 11.5. The van der Waals surface area contributed by atoms with Gasteiger partial charge in [-0.15, -0.1) is 0 Å². The summed E-state index contributed by atoms with van der Waals surface area (Å²) >= 11 is 0. The highest BCUT2D eigenvalue weighted by atomic mass is 19.1. The number of carbonyl (C=O) groups is 3. The van der Waals surface area contributed by atoms with Gasteiger partial charge in [-0.05, 0) is 25.0 Å². The molecule has 148 valence electrons. The van der Waals surface area contributed by atoms with Gasteiger partial charge < -0.3 is 10.4 Å². The van der Waals surface area contributed by atoms with Gasteiger partial charge in [-0.25, -0.2) is 13.8 Å². The molecule has 2 unspecified atom stereocenters. The third kappa shape index (κ3) is 3.45. The number of fused-ring (bicyclic) bond motifs is 2. The Bertz CT molecular complexity index is 1070. The van der Waals surface area contributed by atoms with Crippen molar-refractivity contribution in [2.75, 3.05) is 6.67 Å². The van der Waals surface area contributed by atoms with Crippen molar-refractivity contribution in [3.05, 3.63) is 45.0 Å². The van der Waals surface area contributed by atoms with Crippen molar-refractivity contribution in [1.29, 1.82) is 0 Å². The number of rotatable bonds is 6. The zero-order valence-electron chi connectivity index (χ0n) is 14.8. The van der Waals surface area contributed by atoms with Crippen LogP contribution in [0.1, 0.15) is 25.3 Å². The molecule has 1 amide bonds. The highest BCUT2D eigenvalue weighted by molar-refractivity contribution is 5.93. The molecule has 10 heteroatoms. The van der Waals surface area contributed by atoms with Crippen LogP contribution in [0.3, 0.4) is 0 Å². The number of carboxylic acids is 1. The minimum absolute atomic E-state index is 0.158. The number of nitrogens with zero attached hydrogens (tertiary/aromatic N) is 2. The number of nitrogens with one attached hydrogen (secondary N) is 1. The van der Waals surface area contributed by atoms with Gasteiger partial charge in [0.05, 0.1) is 17.2 Å². The monoisotopic (exact) mass is 391 g/mol. The summed E-state index contributed by atoms with van der Waals surface area (Å²) in [6.45, 7) is -1.19. The summed E-state index contributed by atoms with van der Waals surface area (Å²) < 4.78 is 14.9. The molecule has 9 nitrogen and oxygen atoms in total. The lowest BCUT2D eigenvalue weighted by Crippen LogP contribution is -2.51. The SMILES string of the molecule is O=C(O)CC(NC(=O)C1CCCn2c(=O)c3ccccc3c(=O)n21)C(=O)CF. The van der Waals surface area contributed by atoms with E-state index in [1.807, 2.05) is 0 Å². The fraction of sp³-hybridized carbons (Fsp3) is 0.389. The number of hydrogen-bond donors (Lipinski definition) is 2. The van der Waals surface area contributed by atoms with Crippen LogP contribution in [0.15, 0.2) is 33.9 Å².